The number of terminal acetylenes is 1. The summed E-state index contributed by atoms with van der Waals surface area (Å²) in [6, 6.07) is 12.8. The molecule has 1 saturated carbocycles. The van der Waals surface area contributed by atoms with Crippen LogP contribution in [0.3, 0.4) is 0 Å². The summed E-state index contributed by atoms with van der Waals surface area (Å²) in [6.07, 6.45) is 9.33. The Morgan fingerprint density at radius 2 is 1.45 bits per heavy atom. The minimum Gasteiger partial charge on any atom is -0.453 e. The number of rotatable bonds is 15. The lowest BCUT2D eigenvalue weighted by atomic mass is 9.98. The zero-order valence-electron chi connectivity index (χ0n) is 38.6. The monoisotopic (exact) mass is 904 g/mol. The van der Waals surface area contributed by atoms with E-state index >= 15 is 8.78 Å². The van der Waals surface area contributed by atoms with Crippen molar-refractivity contribution in [1.82, 2.24) is 40.4 Å². The summed E-state index contributed by atoms with van der Waals surface area (Å²) in [6.45, 7) is 11.9. The number of carbonyl (C=O) groups is 4. The number of ether oxygens (including phenoxy) is 2. The van der Waals surface area contributed by atoms with Crippen molar-refractivity contribution in [2.24, 2.45) is 17.8 Å². The topological polar surface area (TPSA) is 175 Å². The number of hydrogen-bond acceptors (Lipinski definition) is 8. The fraction of sp³-hybridized carbons (Fsp3) is 0.440. The normalized spacial score (nSPS) is 17.4. The van der Waals surface area contributed by atoms with Crippen molar-refractivity contribution in [3.05, 3.63) is 83.6 Å². The largest absolute Gasteiger partial charge is 0.453 e. The molecule has 14 nitrogen and oxygen atoms in total. The molecule has 0 unspecified atom stereocenters. The van der Waals surface area contributed by atoms with Gasteiger partial charge in [0, 0.05) is 29.3 Å². The molecule has 5 aromatic rings. The minimum atomic E-state index is -3.33. The van der Waals surface area contributed by atoms with E-state index in [1.54, 1.807) is 32.0 Å². The number of amides is 4. The molecule has 5 atom stereocenters. The molecule has 2 aliphatic rings. The molecule has 0 bridgehead atoms. The number of alkyl carbamates (subject to hydrolysis) is 2. The average molecular weight is 905 g/mol. The number of halogens is 2. The zero-order valence-corrected chi connectivity index (χ0v) is 38.6. The van der Waals surface area contributed by atoms with E-state index < -0.39 is 42.1 Å². The summed E-state index contributed by atoms with van der Waals surface area (Å²) in [4.78, 5) is 71.4. The Bertz CT molecular complexity index is 2670. The van der Waals surface area contributed by atoms with Gasteiger partial charge in [0.05, 0.1) is 43.7 Å². The van der Waals surface area contributed by atoms with Gasteiger partial charge in [0.2, 0.25) is 11.8 Å². The van der Waals surface area contributed by atoms with E-state index in [0.29, 0.717) is 62.7 Å². The van der Waals surface area contributed by atoms with Gasteiger partial charge < -0.3 is 39.9 Å². The van der Waals surface area contributed by atoms with Crippen molar-refractivity contribution in [3.8, 4) is 45.9 Å². The molecule has 4 amide bonds. The summed E-state index contributed by atoms with van der Waals surface area (Å²) in [7, 11) is 2.49. The van der Waals surface area contributed by atoms with Gasteiger partial charge in [-0.2, -0.15) is 8.78 Å². The summed E-state index contributed by atoms with van der Waals surface area (Å²) >= 11 is 0. The van der Waals surface area contributed by atoms with Crippen LogP contribution < -0.4 is 10.6 Å². The van der Waals surface area contributed by atoms with Gasteiger partial charge in [-0.05, 0) is 90.0 Å². The van der Waals surface area contributed by atoms with Crippen LogP contribution in [0.5, 0.6) is 0 Å². The molecular weight excluding hydrogens is 847 g/mol. The predicted octanol–water partition coefficient (Wildman–Crippen LogP) is 8.93. The third-order valence-corrected chi connectivity index (χ3v) is 12.7. The maximum atomic E-state index is 16.6. The fourth-order valence-corrected chi connectivity index (χ4v) is 9.20. The molecule has 2 aromatic heterocycles. The number of aromatic amines is 2. The van der Waals surface area contributed by atoms with E-state index in [9.17, 15) is 19.2 Å². The van der Waals surface area contributed by atoms with Crippen LogP contribution in [0.25, 0.3) is 44.5 Å². The van der Waals surface area contributed by atoms with Crippen molar-refractivity contribution < 1.29 is 37.4 Å². The molecule has 66 heavy (non-hydrogen) atoms. The summed E-state index contributed by atoms with van der Waals surface area (Å²) in [5.41, 5.74) is 4.11. The van der Waals surface area contributed by atoms with Crippen molar-refractivity contribution in [2.45, 2.75) is 104 Å². The second-order valence-corrected chi connectivity index (χ2v) is 18.0. The molecule has 2 aliphatic carbocycles. The Morgan fingerprint density at radius 1 is 0.864 bits per heavy atom. The molecule has 1 fully saturated rings. The highest BCUT2D eigenvalue weighted by Gasteiger charge is 2.45. The number of alkyl halides is 2. The molecule has 7 rings (SSSR count). The first-order valence-corrected chi connectivity index (χ1v) is 22.5. The van der Waals surface area contributed by atoms with Gasteiger partial charge >= 0.3 is 12.2 Å². The molecule has 2 heterocycles. The highest BCUT2D eigenvalue weighted by atomic mass is 19.3. The van der Waals surface area contributed by atoms with Crippen molar-refractivity contribution in [2.75, 3.05) is 20.8 Å². The molecule has 348 valence electrons. The highest BCUT2D eigenvalue weighted by Crippen LogP contribution is 2.52. The van der Waals surface area contributed by atoms with Gasteiger partial charge in [-0.25, -0.2) is 19.6 Å². The Morgan fingerprint density at radius 3 is 2.03 bits per heavy atom. The molecule has 0 radical (unpaired) electrons. The van der Waals surface area contributed by atoms with Crippen LogP contribution in [-0.2, 0) is 31.5 Å². The number of H-pyrrole nitrogens is 2. The number of benzene rings is 3. The lowest BCUT2D eigenvalue weighted by Crippen LogP contribution is -2.53. The van der Waals surface area contributed by atoms with Gasteiger partial charge in [-0.3, -0.25) is 9.59 Å². The maximum absolute atomic E-state index is 16.6. The zero-order chi connectivity index (χ0) is 47.6. The number of aromatic nitrogens is 4. The van der Waals surface area contributed by atoms with Crippen LogP contribution in [0.15, 0.2) is 60.8 Å². The van der Waals surface area contributed by atoms with Crippen LogP contribution in [0.4, 0.5) is 18.4 Å². The van der Waals surface area contributed by atoms with Gasteiger partial charge in [0.1, 0.15) is 23.7 Å². The van der Waals surface area contributed by atoms with Gasteiger partial charge in [-0.15, -0.1) is 6.42 Å². The molecule has 16 heteroatoms. The third-order valence-electron chi connectivity index (χ3n) is 12.7. The Kier molecular flexibility index (Phi) is 13.9. The number of fused-ring (bicyclic) bond motifs is 4. The number of nitrogens with zero attached hydrogens (tertiary/aromatic N) is 4. The predicted molar refractivity (Wildman–Crippen MR) is 247 cm³/mol. The fourth-order valence-electron chi connectivity index (χ4n) is 9.20. The SMILES string of the molecule is C#C[C@@H](c1ncc(-c2ccc3c(c2)C(F)(F)c2cc(-c4ccc5nc(CN(C(=O)[C@@H](NC(=O)OC)C(C)C)[C@@H]6CC[C@H](C)C6)[nH]c5c4)ccc2-3)[nH]1)N(CCC)C(=O)[C@H](NC(=O)OC)C(C)C. The number of carbonyl (C=O) groups excluding carboxylic acids is 4. The molecule has 0 saturated heterocycles. The minimum absolute atomic E-state index is 0.0244. The number of hydrogen-bond donors (Lipinski definition) is 4. The number of imidazole rings is 2. The Balaban J connectivity index is 1.12. The van der Waals surface area contributed by atoms with Crippen LogP contribution in [-0.4, -0.2) is 92.6 Å². The number of nitrogens with one attached hydrogen (secondary N) is 4. The molecule has 3 aromatic carbocycles. The standard InChI is InChI=1S/C50H58F2N8O6/c1-10-20-59(46(61)43(27(3)4)57-48(63)65-8)41(11-2)45-53-25-40(56-45)32-14-18-35-34-17-13-30(22-36(34)50(51,52)37(35)23-32)31-15-19-38-39(24-31)55-42(54-38)26-60(33-16-12-29(7)21-33)47(62)44(28(5)6)58-49(64)66-9/h2,13-15,17-19,22-25,27-29,33,41,43-44H,10,12,16,20-21,26H2,1,3-9H3,(H,53,56)(H,54,55)(H,57,63)(H,58,64)/t29-,33+,41-,43+,44-/m0/s1. The first-order valence-electron chi connectivity index (χ1n) is 22.5. The lowest BCUT2D eigenvalue weighted by molar-refractivity contribution is -0.138. The number of methoxy groups -OCH3 is 2. The second-order valence-electron chi connectivity index (χ2n) is 18.0. The quantitative estimate of drug-likeness (QED) is 0.0754. The summed E-state index contributed by atoms with van der Waals surface area (Å²) in [5, 5.41) is 5.32. The van der Waals surface area contributed by atoms with Crippen LogP contribution in [0.2, 0.25) is 0 Å². The van der Waals surface area contributed by atoms with E-state index in [2.05, 4.69) is 38.4 Å². The van der Waals surface area contributed by atoms with Gasteiger partial charge in [0.25, 0.3) is 5.92 Å². The van der Waals surface area contributed by atoms with E-state index in [-0.39, 0.29) is 53.8 Å². The third kappa shape index (κ3) is 9.34. The average Bonchev–Trinajstić information content (AvgIpc) is 4.10. The van der Waals surface area contributed by atoms with Gasteiger partial charge in [0.15, 0.2) is 6.04 Å². The van der Waals surface area contributed by atoms with Crippen molar-refractivity contribution >= 4 is 35.0 Å². The van der Waals surface area contributed by atoms with E-state index in [4.69, 9.17) is 20.9 Å². The second kappa shape index (κ2) is 19.4. The summed E-state index contributed by atoms with van der Waals surface area (Å²) < 4.78 is 42.8. The van der Waals surface area contributed by atoms with E-state index in [1.165, 1.54) is 37.4 Å². The molecule has 0 spiro atoms. The Labute approximate surface area is 383 Å². The Hall–Kier alpha value is -6.76. The molecule has 0 aliphatic heterocycles. The van der Waals surface area contributed by atoms with Crippen LogP contribution in [0, 0.1) is 30.1 Å². The molecule has 4 N–H and O–H groups in total. The van der Waals surface area contributed by atoms with Gasteiger partial charge in [-0.1, -0.05) is 77.8 Å². The summed E-state index contributed by atoms with van der Waals surface area (Å²) in [5.74, 6) is -0.456. The van der Waals surface area contributed by atoms with E-state index in [1.807, 2.05) is 49.9 Å². The first kappa shape index (κ1) is 47.2. The van der Waals surface area contributed by atoms with Crippen molar-refractivity contribution in [3.63, 3.8) is 0 Å². The first-order chi connectivity index (χ1) is 31.5. The molecular formula is C50H58F2N8O6. The van der Waals surface area contributed by atoms with Crippen LogP contribution >= 0.6 is 0 Å². The van der Waals surface area contributed by atoms with Crippen LogP contribution in [0.1, 0.15) is 96.0 Å². The maximum Gasteiger partial charge on any atom is 0.407 e. The smallest absolute Gasteiger partial charge is 0.407 e. The lowest BCUT2D eigenvalue weighted by Gasteiger charge is -2.33. The highest BCUT2D eigenvalue weighted by molar-refractivity contribution is 5.89. The van der Waals surface area contributed by atoms with Crippen molar-refractivity contribution in [1.29, 1.82) is 0 Å². The van der Waals surface area contributed by atoms with E-state index in [0.717, 1.165) is 19.3 Å².